The number of sulfonamides is 1. The monoisotopic (exact) mass is 195 g/mol. The summed E-state index contributed by atoms with van der Waals surface area (Å²) in [5, 5.41) is 0. The van der Waals surface area contributed by atoms with Crippen LogP contribution in [0.1, 0.15) is 19.3 Å². The molecule has 11 heavy (non-hydrogen) atoms. The average Bonchev–Trinajstić information content (AvgIpc) is 2.67. The zero-order valence-corrected chi connectivity index (χ0v) is 8.00. The molecule has 0 unspecified atom stereocenters. The van der Waals surface area contributed by atoms with Crippen LogP contribution in [0.5, 0.6) is 0 Å². The van der Waals surface area contributed by atoms with E-state index in [-0.39, 0.29) is 11.8 Å². The van der Waals surface area contributed by atoms with Crippen molar-refractivity contribution in [1.82, 2.24) is 4.72 Å². The zero-order chi connectivity index (χ0) is 8.32. The Hall–Kier alpha value is 0.260. The Bertz CT molecular complexity index is 209. The molecule has 0 spiro atoms. The van der Waals surface area contributed by atoms with Crippen LogP contribution in [0.15, 0.2) is 0 Å². The number of nitrogens with one attached hydrogen (secondary N) is 1. The first-order valence-corrected chi connectivity index (χ1v) is 6.03. The topological polar surface area (TPSA) is 46.2 Å². The fraction of sp³-hybridized carbons (Fsp3) is 1.00. The van der Waals surface area contributed by atoms with Crippen LogP contribution in [0.4, 0.5) is 0 Å². The molecule has 0 bridgehead atoms. The van der Waals surface area contributed by atoms with Crippen molar-refractivity contribution < 1.29 is 8.42 Å². The summed E-state index contributed by atoms with van der Waals surface area (Å²) in [6.45, 7) is 0. The fourth-order valence-electron chi connectivity index (χ4n) is 0.769. The van der Waals surface area contributed by atoms with E-state index in [0.717, 1.165) is 12.8 Å². The van der Waals surface area contributed by atoms with Crippen LogP contribution >= 0.6 is 12.6 Å². The van der Waals surface area contributed by atoms with E-state index in [2.05, 4.69) is 17.4 Å². The summed E-state index contributed by atoms with van der Waals surface area (Å²) in [6.07, 6.45) is 2.63. The molecule has 5 heteroatoms. The van der Waals surface area contributed by atoms with Gasteiger partial charge in [-0.1, -0.05) is 0 Å². The maximum Gasteiger partial charge on any atom is 0.211 e. The van der Waals surface area contributed by atoms with Crippen molar-refractivity contribution in [1.29, 1.82) is 0 Å². The molecular formula is C6H13NO2S2. The number of thiol groups is 1. The summed E-state index contributed by atoms with van der Waals surface area (Å²) in [5.41, 5.74) is 0. The first kappa shape index (κ1) is 9.35. The van der Waals surface area contributed by atoms with Gasteiger partial charge >= 0.3 is 0 Å². The van der Waals surface area contributed by atoms with Gasteiger partial charge in [-0.05, 0) is 25.0 Å². The molecular weight excluding hydrogens is 182 g/mol. The summed E-state index contributed by atoms with van der Waals surface area (Å²) >= 11 is 3.95. The Kier molecular flexibility index (Phi) is 3.21. The first-order chi connectivity index (χ1) is 5.14. The molecule has 0 atom stereocenters. The van der Waals surface area contributed by atoms with Gasteiger partial charge < -0.3 is 0 Å². The highest BCUT2D eigenvalue weighted by Crippen LogP contribution is 2.19. The molecule has 1 rings (SSSR count). The standard InChI is InChI=1S/C6H13NO2S2/c8-11(9,5-1-4-10)7-6-2-3-6/h6-7,10H,1-5H2. The van der Waals surface area contributed by atoms with Crippen molar-refractivity contribution >= 4 is 22.7 Å². The van der Waals surface area contributed by atoms with E-state index in [9.17, 15) is 8.42 Å². The fourth-order valence-corrected chi connectivity index (χ4v) is 2.53. The molecule has 0 radical (unpaired) electrons. The molecule has 0 aliphatic heterocycles. The van der Waals surface area contributed by atoms with E-state index >= 15 is 0 Å². The van der Waals surface area contributed by atoms with Crippen molar-refractivity contribution in [3.05, 3.63) is 0 Å². The highest BCUT2D eigenvalue weighted by molar-refractivity contribution is 7.89. The lowest BCUT2D eigenvalue weighted by Gasteiger charge is -2.02. The quantitative estimate of drug-likeness (QED) is 0.623. The van der Waals surface area contributed by atoms with Gasteiger partial charge in [-0.2, -0.15) is 12.6 Å². The van der Waals surface area contributed by atoms with Crippen molar-refractivity contribution in [2.45, 2.75) is 25.3 Å². The van der Waals surface area contributed by atoms with Crippen molar-refractivity contribution in [3.63, 3.8) is 0 Å². The largest absolute Gasteiger partial charge is 0.212 e. The molecule has 66 valence electrons. The lowest BCUT2D eigenvalue weighted by Crippen LogP contribution is -2.28. The Labute approximate surface area is 73.0 Å². The van der Waals surface area contributed by atoms with Crippen LogP contribution in [0, 0.1) is 0 Å². The SMILES string of the molecule is O=S(=O)(CCCS)NC1CC1. The minimum Gasteiger partial charge on any atom is -0.212 e. The van der Waals surface area contributed by atoms with Crippen molar-refractivity contribution in [2.75, 3.05) is 11.5 Å². The second-order valence-electron chi connectivity index (χ2n) is 2.79. The summed E-state index contributed by atoms with van der Waals surface area (Å²) in [5.74, 6) is 0.846. The molecule has 1 aliphatic rings. The van der Waals surface area contributed by atoms with Crippen LogP contribution in [-0.4, -0.2) is 26.0 Å². The Balaban J connectivity index is 2.26. The number of hydrogen-bond donors (Lipinski definition) is 2. The molecule has 0 heterocycles. The lowest BCUT2D eigenvalue weighted by molar-refractivity contribution is 0.580. The van der Waals surface area contributed by atoms with E-state index in [4.69, 9.17) is 0 Å². The number of rotatable bonds is 5. The lowest BCUT2D eigenvalue weighted by atomic mass is 10.6. The zero-order valence-electron chi connectivity index (χ0n) is 6.28. The van der Waals surface area contributed by atoms with Crippen molar-refractivity contribution in [2.24, 2.45) is 0 Å². The predicted octanol–water partition coefficient (Wildman–Crippen LogP) is 0.388. The van der Waals surface area contributed by atoms with Crippen LogP contribution in [-0.2, 0) is 10.0 Å². The van der Waals surface area contributed by atoms with E-state index in [0.29, 0.717) is 12.2 Å². The maximum absolute atomic E-state index is 11.1. The average molecular weight is 195 g/mol. The molecule has 1 aliphatic carbocycles. The molecule has 1 saturated carbocycles. The van der Waals surface area contributed by atoms with Gasteiger partial charge in [-0.25, -0.2) is 13.1 Å². The Morgan fingerprint density at radius 2 is 2.09 bits per heavy atom. The highest BCUT2D eigenvalue weighted by Gasteiger charge is 2.26. The molecule has 0 aromatic carbocycles. The third kappa shape index (κ3) is 3.98. The molecule has 0 amide bonds. The predicted molar refractivity (Wildman–Crippen MR) is 48.4 cm³/mol. The van der Waals surface area contributed by atoms with Gasteiger partial charge in [-0.3, -0.25) is 0 Å². The molecule has 0 saturated heterocycles. The smallest absolute Gasteiger partial charge is 0.211 e. The van der Waals surface area contributed by atoms with Crippen LogP contribution in [0.3, 0.4) is 0 Å². The van der Waals surface area contributed by atoms with Gasteiger partial charge in [0.1, 0.15) is 0 Å². The van der Waals surface area contributed by atoms with Gasteiger partial charge in [-0.15, -0.1) is 0 Å². The van der Waals surface area contributed by atoms with Gasteiger partial charge in [0.15, 0.2) is 0 Å². The molecule has 0 aromatic rings. The van der Waals surface area contributed by atoms with E-state index < -0.39 is 10.0 Å². The van der Waals surface area contributed by atoms with Crippen molar-refractivity contribution in [3.8, 4) is 0 Å². The summed E-state index contributed by atoms with van der Waals surface area (Å²) in [4.78, 5) is 0. The van der Waals surface area contributed by atoms with Crippen LogP contribution in [0.25, 0.3) is 0 Å². The minimum absolute atomic E-state index is 0.215. The summed E-state index contributed by atoms with van der Waals surface area (Å²) in [6, 6.07) is 0.236. The van der Waals surface area contributed by atoms with E-state index in [1.165, 1.54) is 0 Å². The Morgan fingerprint density at radius 3 is 2.55 bits per heavy atom. The first-order valence-electron chi connectivity index (χ1n) is 3.75. The molecule has 1 fully saturated rings. The maximum atomic E-state index is 11.1. The Morgan fingerprint density at radius 1 is 1.45 bits per heavy atom. The third-order valence-electron chi connectivity index (χ3n) is 1.49. The minimum atomic E-state index is -2.98. The molecule has 0 aromatic heterocycles. The van der Waals surface area contributed by atoms with E-state index in [1.54, 1.807) is 0 Å². The van der Waals surface area contributed by atoms with Crippen LogP contribution in [0.2, 0.25) is 0 Å². The van der Waals surface area contributed by atoms with Gasteiger partial charge in [0.05, 0.1) is 5.75 Å². The summed E-state index contributed by atoms with van der Waals surface area (Å²) in [7, 11) is -2.98. The number of hydrogen-bond acceptors (Lipinski definition) is 3. The van der Waals surface area contributed by atoms with Crippen LogP contribution < -0.4 is 4.72 Å². The summed E-state index contributed by atoms with van der Waals surface area (Å²) < 4.78 is 24.8. The van der Waals surface area contributed by atoms with Gasteiger partial charge in [0.25, 0.3) is 0 Å². The molecule has 1 N–H and O–H groups in total. The van der Waals surface area contributed by atoms with Gasteiger partial charge in [0, 0.05) is 6.04 Å². The normalized spacial score (nSPS) is 18.6. The van der Waals surface area contributed by atoms with E-state index in [1.807, 2.05) is 0 Å². The second kappa shape index (κ2) is 3.78. The van der Waals surface area contributed by atoms with Gasteiger partial charge in [0.2, 0.25) is 10.0 Å². The molecule has 3 nitrogen and oxygen atoms in total. The third-order valence-corrected chi connectivity index (χ3v) is 3.33. The second-order valence-corrected chi connectivity index (χ2v) is 5.11. The highest BCUT2D eigenvalue weighted by atomic mass is 32.2.